The lowest BCUT2D eigenvalue weighted by Crippen LogP contribution is -2.18. The van der Waals surface area contributed by atoms with Gasteiger partial charge in [0.25, 0.3) is 10.0 Å². The molecule has 0 aliphatic rings. The average Bonchev–Trinajstić information content (AvgIpc) is 2.80. The van der Waals surface area contributed by atoms with Gasteiger partial charge in [0, 0.05) is 32.8 Å². The molecule has 0 saturated carbocycles. The summed E-state index contributed by atoms with van der Waals surface area (Å²) in [4.78, 5) is 2.46. The van der Waals surface area contributed by atoms with Crippen LogP contribution in [-0.2, 0) is 17.1 Å². The number of hydrazone groups is 1. The smallest absolute Gasteiger partial charge is 0.276 e. The summed E-state index contributed by atoms with van der Waals surface area (Å²) >= 11 is 2.13. The van der Waals surface area contributed by atoms with E-state index in [1.165, 1.54) is 0 Å². The summed E-state index contributed by atoms with van der Waals surface area (Å²) in [5.74, 6) is 0. The van der Waals surface area contributed by atoms with Gasteiger partial charge >= 0.3 is 0 Å². The quantitative estimate of drug-likeness (QED) is 0.374. The molecule has 0 atom stereocenters. The molecule has 0 unspecified atom stereocenters. The molecule has 7 heteroatoms. The summed E-state index contributed by atoms with van der Waals surface area (Å²) < 4.78 is 27.5. The lowest BCUT2D eigenvalue weighted by Gasteiger charge is -2.03. The third-order valence-electron chi connectivity index (χ3n) is 3.94. The van der Waals surface area contributed by atoms with E-state index in [-0.39, 0.29) is 4.90 Å². The van der Waals surface area contributed by atoms with Crippen LogP contribution in [0.4, 0.5) is 0 Å². The molecule has 0 saturated heterocycles. The molecule has 124 valence electrons. The predicted octanol–water partition coefficient (Wildman–Crippen LogP) is 3.40. The van der Waals surface area contributed by atoms with Crippen molar-refractivity contribution in [2.45, 2.75) is 11.8 Å². The fourth-order valence-corrected chi connectivity index (χ4v) is 3.69. The molecule has 1 heterocycles. The Hall–Kier alpha value is -1.87. The van der Waals surface area contributed by atoms with Crippen LogP contribution in [0.3, 0.4) is 0 Å². The molecule has 24 heavy (non-hydrogen) atoms. The molecule has 1 N–H and O–H groups in total. The van der Waals surface area contributed by atoms with Crippen LogP contribution in [0.25, 0.3) is 10.9 Å². The summed E-state index contributed by atoms with van der Waals surface area (Å²) in [5, 5.41) is 4.99. The van der Waals surface area contributed by atoms with Crippen LogP contribution >= 0.6 is 22.6 Å². The van der Waals surface area contributed by atoms with Crippen molar-refractivity contribution in [2.75, 3.05) is 0 Å². The normalized spacial score (nSPS) is 12.1. The largest absolute Gasteiger partial charge is 0.347 e. The number of sulfonamides is 1. The summed E-state index contributed by atoms with van der Waals surface area (Å²) in [7, 11) is -1.69. The van der Waals surface area contributed by atoms with E-state index in [1.807, 2.05) is 38.2 Å². The van der Waals surface area contributed by atoms with Crippen LogP contribution in [0.1, 0.15) is 11.3 Å². The van der Waals surface area contributed by atoms with Crippen molar-refractivity contribution >= 4 is 49.7 Å². The lowest BCUT2D eigenvalue weighted by molar-refractivity contribution is 0.584. The maximum atomic E-state index is 12.3. The van der Waals surface area contributed by atoms with E-state index in [0.717, 1.165) is 25.7 Å². The Kier molecular flexibility index (Phi) is 4.64. The Morgan fingerprint density at radius 2 is 1.79 bits per heavy atom. The van der Waals surface area contributed by atoms with Gasteiger partial charge in [0.15, 0.2) is 0 Å². The highest BCUT2D eigenvalue weighted by atomic mass is 127. The lowest BCUT2D eigenvalue weighted by atomic mass is 10.1. The molecule has 0 radical (unpaired) electrons. The Bertz CT molecular complexity index is 1020. The van der Waals surface area contributed by atoms with Crippen LogP contribution in [0.15, 0.2) is 58.5 Å². The van der Waals surface area contributed by atoms with E-state index < -0.39 is 10.0 Å². The Morgan fingerprint density at radius 3 is 2.50 bits per heavy atom. The number of benzene rings is 2. The molecule has 0 spiro atoms. The van der Waals surface area contributed by atoms with E-state index in [0.29, 0.717) is 0 Å². The number of para-hydroxylation sites is 1. The Labute approximate surface area is 154 Å². The predicted molar refractivity (Wildman–Crippen MR) is 105 cm³/mol. The van der Waals surface area contributed by atoms with Crippen molar-refractivity contribution in [3.05, 3.63) is 63.4 Å². The molecule has 3 aromatic rings. The second kappa shape index (κ2) is 6.56. The van der Waals surface area contributed by atoms with Gasteiger partial charge in [-0.05, 0) is 59.8 Å². The molecule has 2 aromatic carbocycles. The third kappa shape index (κ3) is 3.18. The van der Waals surface area contributed by atoms with E-state index in [9.17, 15) is 8.42 Å². The number of hydrogen-bond donors (Lipinski definition) is 1. The first-order valence-electron chi connectivity index (χ1n) is 7.24. The highest BCUT2D eigenvalue weighted by Gasteiger charge is 2.13. The molecule has 5 nitrogen and oxygen atoms in total. The average molecular weight is 453 g/mol. The number of rotatable bonds is 4. The second-order valence-electron chi connectivity index (χ2n) is 5.38. The molecule has 0 amide bonds. The summed E-state index contributed by atoms with van der Waals surface area (Å²) in [6.07, 6.45) is 1.56. The van der Waals surface area contributed by atoms with Crippen LogP contribution in [0.5, 0.6) is 0 Å². The summed E-state index contributed by atoms with van der Waals surface area (Å²) in [6, 6.07) is 14.6. The monoisotopic (exact) mass is 453 g/mol. The van der Waals surface area contributed by atoms with Crippen LogP contribution in [0, 0.1) is 10.5 Å². The van der Waals surface area contributed by atoms with E-state index in [1.54, 1.807) is 30.5 Å². The minimum absolute atomic E-state index is 0.190. The van der Waals surface area contributed by atoms with Gasteiger partial charge in [-0.15, -0.1) is 0 Å². The van der Waals surface area contributed by atoms with E-state index in [2.05, 4.69) is 37.1 Å². The highest BCUT2D eigenvalue weighted by molar-refractivity contribution is 14.1. The molecule has 3 rings (SSSR count). The fourth-order valence-electron chi connectivity index (χ4n) is 2.54. The van der Waals surface area contributed by atoms with Gasteiger partial charge in [-0.3, -0.25) is 0 Å². The molecule has 0 aliphatic carbocycles. The highest BCUT2D eigenvalue weighted by Crippen LogP contribution is 2.23. The molecule has 0 fully saturated rings. The number of aromatic nitrogens is 1. The minimum Gasteiger partial charge on any atom is -0.347 e. The molecular formula is C17H16IN3O2S. The van der Waals surface area contributed by atoms with E-state index >= 15 is 0 Å². The molecule has 1 aromatic heterocycles. The van der Waals surface area contributed by atoms with Crippen molar-refractivity contribution in [3.63, 3.8) is 0 Å². The van der Waals surface area contributed by atoms with Crippen molar-refractivity contribution in [1.82, 2.24) is 9.40 Å². The Balaban J connectivity index is 1.90. The van der Waals surface area contributed by atoms with Crippen LogP contribution < -0.4 is 4.83 Å². The first-order valence-corrected chi connectivity index (χ1v) is 9.81. The molecule has 0 aliphatic heterocycles. The van der Waals surface area contributed by atoms with Gasteiger partial charge in [0.05, 0.1) is 11.1 Å². The maximum Gasteiger partial charge on any atom is 0.276 e. The number of hydrogen-bond acceptors (Lipinski definition) is 3. The van der Waals surface area contributed by atoms with Crippen molar-refractivity contribution < 1.29 is 8.42 Å². The SMILES string of the molecule is Cc1c(/C=N\NS(=O)(=O)c2ccc(I)cc2)c2ccccc2n1C. The van der Waals surface area contributed by atoms with Gasteiger partial charge in [0.1, 0.15) is 0 Å². The first kappa shape index (κ1) is 17.0. The number of nitrogens with one attached hydrogen (secondary N) is 1. The zero-order valence-electron chi connectivity index (χ0n) is 13.2. The van der Waals surface area contributed by atoms with Gasteiger partial charge < -0.3 is 4.57 Å². The second-order valence-corrected chi connectivity index (χ2v) is 8.29. The number of fused-ring (bicyclic) bond motifs is 1. The molecular weight excluding hydrogens is 437 g/mol. The van der Waals surface area contributed by atoms with E-state index in [4.69, 9.17) is 0 Å². The van der Waals surface area contributed by atoms with Gasteiger partial charge in [-0.2, -0.15) is 13.5 Å². The first-order chi connectivity index (χ1) is 11.4. The number of nitrogens with zero attached hydrogens (tertiary/aromatic N) is 2. The Morgan fingerprint density at radius 1 is 1.12 bits per heavy atom. The zero-order chi connectivity index (χ0) is 17.3. The van der Waals surface area contributed by atoms with Crippen molar-refractivity contribution in [2.24, 2.45) is 12.1 Å². The number of halogens is 1. The third-order valence-corrected chi connectivity index (χ3v) is 5.90. The van der Waals surface area contributed by atoms with Crippen LogP contribution in [0.2, 0.25) is 0 Å². The standard InChI is InChI=1S/C17H16IN3O2S/c1-12-16(15-5-3-4-6-17(15)21(12)2)11-19-20-24(22,23)14-9-7-13(18)8-10-14/h3-11,20H,1-2H3/b19-11-. The van der Waals surface area contributed by atoms with Crippen LogP contribution in [-0.4, -0.2) is 19.2 Å². The summed E-state index contributed by atoms with van der Waals surface area (Å²) in [5.41, 5.74) is 3.00. The maximum absolute atomic E-state index is 12.3. The number of aryl methyl sites for hydroxylation is 1. The van der Waals surface area contributed by atoms with Crippen molar-refractivity contribution in [3.8, 4) is 0 Å². The van der Waals surface area contributed by atoms with Gasteiger partial charge in [-0.25, -0.2) is 4.83 Å². The minimum atomic E-state index is -3.66. The van der Waals surface area contributed by atoms with Crippen molar-refractivity contribution in [1.29, 1.82) is 0 Å². The summed E-state index contributed by atoms with van der Waals surface area (Å²) in [6.45, 7) is 1.98. The topological polar surface area (TPSA) is 63.5 Å². The molecule has 0 bridgehead atoms. The fraction of sp³-hybridized carbons (Fsp3) is 0.118. The van der Waals surface area contributed by atoms with Gasteiger partial charge in [0.2, 0.25) is 0 Å². The van der Waals surface area contributed by atoms with Gasteiger partial charge in [-0.1, -0.05) is 18.2 Å². The zero-order valence-corrected chi connectivity index (χ0v) is 16.2.